The van der Waals surface area contributed by atoms with Gasteiger partial charge in [0.05, 0.1) is 22.5 Å². The first kappa shape index (κ1) is 22.6. The van der Waals surface area contributed by atoms with Gasteiger partial charge in [-0.1, -0.05) is 17.7 Å². The summed E-state index contributed by atoms with van der Waals surface area (Å²) in [5.41, 5.74) is 12.9. The zero-order valence-electron chi connectivity index (χ0n) is 18.8. The summed E-state index contributed by atoms with van der Waals surface area (Å²) < 4.78 is 23.7. The van der Waals surface area contributed by atoms with E-state index in [1.165, 1.54) is 0 Å². The van der Waals surface area contributed by atoms with E-state index < -0.39 is 5.82 Å². The monoisotopic (exact) mass is 484 g/mol. The number of imidazole rings is 1. The number of benzene rings is 1. The van der Waals surface area contributed by atoms with Crippen LogP contribution in [-0.2, 0) is 0 Å². The average Bonchev–Trinajstić information content (AvgIpc) is 3.41. The summed E-state index contributed by atoms with van der Waals surface area (Å²) in [4.78, 5) is 15.4. The van der Waals surface area contributed by atoms with E-state index in [4.69, 9.17) is 27.8 Å². The maximum Gasteiger partial charge on any atom is 0.319 e. The quantitative estimate of drug-likeness (QED) is 0.366. The highest BCUT2D eigenvalue weighted by Gasteiger charge is 2.24. The van der Waals surface area contributed by atoms with Crippen LogP contribution in [0, 0.1) is 5.82 Å². The van der Waals surface area contributed by atoms with Crippen LogP contribution in [0.1, 0.15) is 12.8 Å². The van der Waals surface area contributed by atoms with E-state index >= 15 is 4.39 Å². The smallest absolute Gasteiger partial charge is 0.319 e. The minimum absolute atomic E-state index is 0.101. The molecule has 1 atom stereocenters. The number of nitrogens with two attached hydrogens (primary N) is 2. The summed E-state index contributed by atoms with van der Waals surface area (Å²) in [6.45, 7) is 2.28. The van der Waals surface area contributed by atoms with Gasteiger partial charge in [0.1, 0.15) is 29.4 Å². The number of likely N-dealkylation sites (N-methyl/N-ethyl adjacent to an activating group) is 1. The van der Waals surface area contributed by atoms with Crippen molar-refractivity contribution < 1.29 is 9.13 Å². The highest BCUT2D eigenvalue weighted by Crippen LogP contribution is 2.38. The third kappa shape index (κ3) is 4.08. The molecule has 11 heteroatoms. The summed E-state index contributed by atoms with van der Waals surface area (Å²) in [6, 6.07) is 7.35. The molecule has 1 saturated heterocycles. The fourth-order valence-corrected chi connectivity index (χ4v) is 4.68. The van der Waals surface area contributed by atoms with Gasteiger partial charge in [-0.25, -0.2) is 9.37 Å². The molecule has 0 radical (unpaired) electrons. The van der Waals surface area contributed by atoms with Crippen molar-refractivity contribution in [2.45, 2.75) is 18.9 Å². The van der Waals surface area contributed by atoms with Crippen molar-refractivity contribution in [3.63, 3.8) is 0 Å². The second-order valence-electron chi connectivity index (χ2n) is 8.41. The Bertz CT molecular complexity index is 1360. The van der Waals surface area contributed by atoms with Crippen LogP contribution in [-0.4, -0.2) is 63.6 Å². The standard InChI is InChI=1S/C23H26ClFN8O/c1-32-9-3-4-13(32)12-34-23-30-21-14(22(31-23)28-8-7-26)10-15(24)19(20(21)25)16-5-2-6-18-29-17(27)11-33(16)18/h2,5-6,10-11,13H,3-4,7-9,12,26-27H2,1H3,(H,28,30,31). The Hall–Kier alpha value is -3.21. The van der Waals surface area contributed by atoms with Gasteiger partial charge in [0.25, 0.3) is 0 Å². The number of hydrogen-bond donors (Lipinski definition) is 3. The van der Waals surface area contributed by atoms with Gasteiger partial charge in [0, 0.05) is 24.5 Å². The van der Waals surface area contributed by atoms with Gasteiger partial charge >= 0.3 is 6.01 Å². The molecular formula is C23H26ClFN8O. The fraction of sp³-hybridized carbons (Fsp3) is 0.348. The van der Waals surface area contributed by atoms with Gasteiger partial charge in [-0.05, 0) is 44.6 Å². The van der Waals surface area contributed by atoms with Gasteiger partial charge in [-0.2, -0.15) is 9.97 Å². The molecule has 4 heterocycles. The van der Waals surface area contributed by atoms with Crippen molar-refractivity contribution >= 4 is 39.8 Å². The molecule has 1 fully saturated rings. The molecule has 5 N–H and O–H groups in total. The van der Waals surface area contributed by atoms with Crippen molar-refractivity contribution in [2.75, 3.05) is 44.3 Å². The molecule has 0 aliphatic carbocycles. The molecule has 178 valence electrons. The van der Waals surface area contributed by atoms with Gasteiger partial charge in [0.15, 0.2) is 5.82 Å². The summed E-state index contributed by atoms with van der Waals surface area (Å²) in [6.07, 6.45) is 3.78. The third-order valence-corrected chi connectivity index (χ3v) is 6.44. The number of ether oxygens (including phenoxy) is 1. The molecule has 0 amide bonds. The predicted octanol–water partition coefficient (Wildman–Crippen LogP) is 3.16. The van der Waals surface area contributed by atoms with Crippen LogP contribution in [0.15, 0.2) is 30.5 Å². The Kier molecular flexibility index (Phi) is 6.11. The minimum atomic E-state index is -0.580. The van der Waals surface area contributed by atoms with Crippen molar-refractivity contribution in [1.29, 1.82) is 0 Å². The Morgan fingerprint density at radius 1 is 1.29 bits per heavy atom. The lowest BCUT2D eigenvalue weighted by Gasteiger charge is -2.19. The number of nitrogen functional groups attached to an aromatic ring is 1. The summed E-state index contributed by atoms with van der Waals surface area (Å²) in [5, 5.41) is 3.80. The molecule has 1 aliphatic heterocycles. The number of likely N-dealkylation sites (tertiary alicyclic amines) is 1. The molecule has 4 aromatic rings. The Balaban J connectivity index is 1.63. The fourth-order valence-electron chi connectivity index (χ4n) is 4.39. The highest BCUT2D eigenvalue weighted by molar-refractivity contribution is 6.34. The highest BCUT2D eigenvalue weighted by atomic mass is 35.5. The van der Waals surface area contributed by atoms with Gasteiger partial charge in [0.2, 0.25) is 0 Å². The molecule has 0 spiro atoms. The third-order valence-electron chi connectivity index (χ3n) is 6.14. The van der Waals surface area contributed by atoms with Crippen LogP contribution < -0.4 is 21.5 Å². The predicted molar refractivity (Wildman–Crippen MR) is 132 cm³/mol. The van der Waals surface area contributed by atoms with Gasteiger partial charge in [-0.3, -0.25) is 4.40 Å². The van der Waals surface area contributed by atoms with E-state index in [-0.39, 0.29) is 28.2 Å². The van der Waals surface area contributed by atoms with Crippen LogP contribution in [0.25, 0.3) is 27.8 Å². The first-order valence-corrected chi connectivity index (χ1v) is 11.5. The molecule has 1 unspecified atom stereocenters. The number of aromatic nitrogens is 4. The Morgan fingerprint density at radius 2 is 2.15 bits per heavy atom. The molecule has 5 rings (SSSR count). The Morgan fingerprint density at radius 3 is 2.91 bits per heavy atom. The minimum Gasteiger partial charge on any atom is -0.462 e. The number of anilines is 2. The van der Waals surface area contributed by atoms with E-state index in [0.717, 1.165) is 19.4 Å². The average molecular weight is 485 g/mol. The van der Waals surface area contributed by atoms with E-state index in [1.54, 1.807) is 34.9 Å². The van der Waals surface area contributed by atoms with E-state index in [0.29, 0.717) is 48.1 Å². The second-order valence-corrected chi connectivity index (χ2v) is 8.81. The van der Waals surface area contributed by atoms with Crippen LogP contribution >= 0.6 is 11.6 Å². The van der Waals surface area contributed by atoms with Crippen molar-refractivity contribution in [3.8, 4) is 17.3 Å². The zero-order valence-corrected chi connectivity index (χ0v) is 19.5. The number of nitrogens with zero attached hydrogens (tertiary/aromatic N) is 5. The normalized spacial score (nSPS) is 16.5. The van der Waals surface area contributed by atoms with E-state index in [2.05, 4.69) is 32.2 Å². The SMILES string of the molecule is CN1CCCC1COc1nc(NCCN)c2cc(Cl)c(-c3cccc4nc(N)cn34)c(F)c2n1. The first-order chi connectivity index (χ1) is 16.5. The lowest BCUT2D eigenvalue weighted by molar-refractivity contribution is 0.188. The van der Waals surface area contributed by atoms with Crippen LogP contribution in [0.3, 0.4) is 0 Å². The summed E-state index contributed by atoms with van der Waals surface area (Å²) in [7, 11) is 2.06. The molecule has 34 heavy (non-hydrogen) atoms. The van der Waals surface area contributed by atoms with E-state index in [1.807, 2.05) is 0 Å². The summed E-state index contributed by atoms with van der Waals surface area (Å²) in [5.74, 6) is 0.166. The lowest BCUT2D eigenvalue weighted by Crippen LogP contribution is -2.31. The number of nitrogens with one attached hydrogen (secondary N) is 1. The van der Waals surface area contributed by atoms with Crippen molar-refractivity contribution in [1.82, 2.24) is 24.3 Å². The molecule has 0 bridgehead atoms. The van der Waals surface area contributed by atoms with Crippen molar-refractivity contribution in [2.24, 2.45) is 5.73 Å². The number of pyridine rings is 1. The molecule has 1 aromatic carbocycles. The van der Waals surface area contributed by atoms with Crippen LogP contribution in [0.5, 0.6) is 6.01 Å². The van der Waals surface area contributed by atoms with Gasteiger partial charge in [-0.15, -0.1) is 0 Å². The number of halogens is 2. The lowest BCUT2D eigenvalue weighted by atomic mass is 10.1. The molecule has 9 nitrogen and oxygen atoms in total. The number of fused-ring (bicyclic) bond motifs is 2. The maximum absolute atomic E-state index is 16.1. The Labute approximate surface area is 200 Å². The molecule has 1 aliphatic rings. The number of hydrogen-bond acceptors (Lipinski definition) is 8. The largest absolute Gasteiger partial charge is 0.462 e. The molecular weight excluding hydrogens is 459 g/mol. The van der Waals surface area contributed by atoms with Crippen LogP contribution in [0.4, 0.5) is 16.0 Å². The van der Waals surface area contributed by atoms with Gasteiger partial charge < -0.3 is 26.4 Å². The summed E-state index contributed by atoms with van der Waals surface area (Å²) >= 11 is 6.61. The van der Waals surface area contributed by atoms with E-state index in [9.17, 15) is 0 Å². The maximum atomic E-state index is 16.1. The van der Waals surface area contributed by atoms with Crippen molar-refractivity contribution in [3.05, 3.63) is 41.3 Å². The van der Waals surface area contributed by atoms with Crippen LogP contribution in [0.2, 0.25) is 5.02 Å². The zero-order chi connectivity index (χ0) is 23.8. The molecule has 0 saturated carbocycles. The number of rotatable bonds is 7. The first-order valence-electron chi connectivity index (χ1n) is 11.2. The molecule has 3 aromatic heterocycles. The second kappa shape index (κ2) is 9.21. The topological polar surface area (TPSA) is 120 Å².